The standard InChI is InChI=1S/C16H13FN2O2S/c17-11-3-6-15-13(9-11)14(7-8-22-15)19-18-12-4-1-10(2-5-12)16(20)21/h1-6,9,18H,7-8H2,(H,20,21)/b19-14-. The van der Waals surface area contributed by atoms with Crippen molar-refractivity contribution in [2.24, 2.45) is 5.10 Å². The van der Waals surface area contributed by atoms with E-state index in [-0.39, 0.29) is 11.4 Å². The van der Waals surface area contributed by atoms with Crippen LogP contribution in [0.2, 0.25) is 0 Å². The number of fused-ring (bicyclic) bond motifs is 1. The summed E-state index contributed by atoms with van der Waals surface area (Å²) in [6.45, 7) is 0. The fourth-order valence-electron chi connectivity index (χ4n) is 2.18. The van der Waals surface area contributed by atoms with Gasteiger partial charge in [-0.3, -0.25) is 5.43 Å². The first-order chi connectivity index (χ1) is 10.6. The molecule has 0 unspecified atom stereocenters. The molecule has 0 saturated heterocycles. The molecule has 0 fully saturated rings. The van der Waals surface area contributed by atoms with E-state index in [1.807, 2.05) is 0 Å². The molecule has 6 heteroatoms. The van der Waals surface area contributed by atoms with Gasteiger partial charge in [-0.05, 0) is 42.5 Å². The van der Waals surface area contributed by atoms with E-state index in [9.17, 15) is 9.18 Å². The SMILES string of the molecule is O=C(O)c1ccc(N/N=C2/CCSc3ccc(F)cc32)cc1. The Labute approximate surface area is 131 Å². The third kappa shape index (κ3) is 3.12. The number of hydrogen-bond acceptors (Lipinski definition) is 4. The number of carboxylic acids is 1. The Hall–Kier alpha value is -2.34. The van der Waals surface area contributed by atoms with Crippen molar-refractivity contribution in [1.82, 2.24) is 0 Å². The maximum atomic E-state index is 13.4. The van der Waals surface area contributed by atoms with E-state index in [0.717, 1.165) is 28.3 Å². The van der Waals surface area contributed by atoms with Crippen LogP contribution in [-0.4, -0.2) is 22.5 Å². The summed E-state index contributed by atoms with van der Waals surface area (Å²) >= 11 is 1.69. The number of rotatable bonds is 3. The van der Waals surface area contributed by atoms with Gasteiger partial charge in [0.15, 0.2) is 0 Å². The van der Waals surface area contributed by atoms with Gasteiger partial charge >= 0.3 is 5.97 Å². The molecule has 0 amide bonds. The van der Waals surface area contributed by atoms with Crippen LogP contribution in [0.5, 0.6) is 0 Å². The van der Waals surface area contributed by atoms with Crippen molar-refractivity contribution >= 4 is 29.1 Å². The largest absolute Gasteiger partial charge is 0.478 e. The lowest BCUT2D eigenvalue weighted by atomic mass is 10.1. The van der Waals surface area contributed by atoms with Crippen molar-refractivity contribution in [2.45, 2.75) is 11.3 Å². The molecule has 0 spiro atoms. The van der Waals surface area contributed by atoms with Gasteiger partial charge in [0, 0.05) is 22.6 Å². The molecule has 0 aromatic heterocycles. The van der Waals surface area contributed by atoms with Crippen LogP contribution in [-0.2, 0) is 0 Å². The van der Waals surface area contributed by atoms with E-state index in [0.29, 0.717) is 5.69 Å². The number of aromatic carboxylic acids is 1. The highest BCUT2D eigenvalue weighted by Gasteiger charge is 2.16. The number of nitrogens with one attached hydrogen (secondary N) is 1. The summed E-state index contributed by atoms with van der Waals surface area (Å²) in [4.78, 5) is 11.8. The predicted molar refractivity (Wildman–Crippen MR) is 85.3 cm³/mol. The number of anilines is 1. The number of hydrogen-bond donors (Lipinski definition) is 2. The average molecular weight is 316 g/mol. The van der Waals surface area contributed by atoms with Crippen LogP contribution in [0.3, 0.4) is 0 Å². The number of benzene rings is 2. The lowest BCUT2D eigenvalue weighted by molar-refractivity contribution is 0.0697. The molecule has 2 aromatic rings. The van der Waals surface area contributed by atoms with Crippen LogP contribution in [0.1, 0.15) is 22.3 Å². The molecule has 0 saturated carbocycles. The first kappa shape index (κ1) is 14.6. The molecule has 0 radical (unpaired) electrons. The quantitative estimate of drug-likeness (QED) is 0.845. The van der Waals surface area contributed by atoms with Gasteiger partial charge in [0.2, 0.25) is 0 Å². The van der Waals surface area contributed by atoms with Gasteiger partial charge in [0.25, 0.3) is 0 Å². The number of thioether (sulfide) groups is 1. The Morgan fingerprint density at radius 3 is 2.73 bits per heavy atom. The molecule has 1 aliphatic heterocycles. The number of hydrazone groups is 1. The summed E-state index contributed by atoms with van der Waals surface area (Å²) < 4.78 is 13.4. The first-order valence-electron chi connectivity index (χ1n) is 6.72. The van der Waals surface area contributed by atoms with Crippen molar-refractivity contribution in [1.29, 1.82) is 0 Å². The zero-order valence-electron chi connectivity index (χ0n) is 11.5. The van der Waals surface area contributed by atoms with Crippen LogP contribution in [0, 0.1) is 5.82 Å². The highest BCUT2D eigenvalue weighted by Crippen LogP contribution is 2.30. The van der Waals surface area contributed by atoms with Gasteiger partial charge in [0.1, 0.15) is 5.82 Å². The molecule has 0 aliphatic carbocycles. The zero-order chi connectivity index (χ0) is 15.5. The second-order valence-electron chi connectivity index (χ2n) is 4.79. The summed E-state index contributed by atoms with van der Waals surface area (Å²) in [5.74, 6) is -0.344. The van der Waals surface area contributed by atoms with E-state index in [1.54, 1.807) is 30.0 Å². The van der Waals surface area contributed by atoms with Gasteiger partial charge < -0.3 is 5.11 Å². The molecular formula is C16H13FN2O2S. The van der Waals surface area contributed by atoms with E-state index >= 15 is 0 Å². The van der Waals surface area contributed by atoms with Crippen LogP contribution in [0.15, 0.2) is 52.5 Å². The summed E-state index contributed by atoms with van der Waals surface area (Å²) in [6.07, 6.45) is 0.751. The first-order valence-corrected chi connectivity index (χ1v) is 7.71. The third-order valence-electron chi connectivity index (χ3n) is 3.30. The molecule has 3 rings (SSSR count). The van der Waals surface area contributed by atoms with Gasteiger partial charge in [0.05, 0.1) is 17.0 Å². The maximum absolute atomic E-state index is 13.4. The Bertz CT molecular complexity index is 744. The van der Waals surface area contributed by atoms with Crippen molar-refractivity contribution in [3.63, 3.8) is 0 Å². The van der Waals surface area contributed by atoms with Crippen molar-refractivity contribution < 1.29 is 14.3 Å². The molecule has 112 valence electrons. The molecule has 1 heterocycles. The molecule has 2 aromatic carbocycles. The summed E-state index contributed by atoms with van der Waals surface area (Å²) in [7, 11) is 0. The van der Waals surface area contributed by atoms with Crippen molar-refractivity contribution in [3.05, 3.63) is 59.4 Å². The molecule has 0 bridgehead atoms. The third-order valence-corrected chi connectivity index (χ3v) is 4.38. The normalized spacial score (nSPS) is 15.4. The van der Waals surface area contributed by atoms with Crippen LogP contribution >= 0.6 is 11.8 Å². The highest BCUT2D eigenvalue weighted by atomic mass is 32.2. The van der Waals surface area contributed by atoms with Crippen molar-refractivity contribution in [3.8, 4) is 0 Å². The molecule has 22 heavy (non-hydrogen) atoms. The van der Waals surface area contributed by atoms with Gasteiger partial charge in [-0.1, -0.05) is 0 Å². The minimum Gasteiger partial charge on any atom is -0.478 e. The topological polar surface area (TPSA) is 61.7 Å². The lowest BCUT2D eigenvalue weighted by Crippen LogP contribution is -2.12. The number of halogens is 1. The Kier molecular flexibility index (Phi) is 4.11. The molecule has 2 N–H and O–H groups in total. The van der Waals surface area contributed by atoms with E-state index in [1.165, 1.54) is 24.3 Å². The fraction of sp³-hybridized carbons (Fsp3) is 0.125. The zero-order valence-corrected chi connectivity index (χ0v) is 12.4. The van der Waals surface area contributed by atoms with Crippen LogP contribution < -0.4 is 5.43 Å². The van der Waals surface area contributed by atoms with Gasteiger partial charge in [-0.15, -0.1) is 11.8 Å². The maximum Gasteiger partial charge on any atom is 0.335 e. The van der Waals surface area contributed by atoms with Crippen LogP contribution in [0.4, 0.5) is 10.1 Å². The average Bonchev–Trinajstić information content (AvgIpc) is 2.53. The van der Waals surface area contributed by atoms with E-state index in [4.69, 9.17) is 5.11 Å². The van der Waals surface area contributed by atoms with E-state index in [2.05, 4.69) is 10.5 Å². The number of carbonyl (C=O) groups is 1. The monoisotopic (exact) mass is 316 g/mol. The van der Waals surface area contributed by atoms with Crippen LogP contribution in [0.25, 0.3) is 0 Å². The smallest absolute Gasteiger partial charge is 0.335 e. The minimum absolute atomic E-state index is 0.222. The molecule has 4 nitrogen and oxygen atoms in total. The Morgan fingerprint density at radius 2 is 2.00 bits per heavy atom. The summed E-state index contributed by atoms with van der Waals surface area (Å²) in [5, 5.41) is 13.2. The fourth-order valence-corrected chi connectivity index (χ4v) is 3.19. The van der Waals surface area contributed by atoms with E-state index < -0.39 is 5.97 Å². The molecule has 1 aliphatic rings. The Balaban J connectivity index is 1.82. The Morgan fingerprint density at radius 1 is 1.23 bits per heavy atom. The lowest BCUT2D eigenvalue weighted by Gasteiger charge is -2.17. The summed E-state index contributed by atoms with van der Waals surface area (Å²) in [6, 6.07) is 11.0. The number of carboxylic acid groups (broad SMARTS) is 1. The second kappa shape index (κ2) is 6.19. The number of nitrogens with zero attached hydrogens (tertiary/aromatic N) is 1. The van der Waals surface area contributed by atoms with Crippen molar-refractivity contribution in [2.75, 3.05) is 11.2 Å². The highest BCUT2D eigenvalue weighted by molar-refractivity contribution is 7.99. The molecular weight excluding hydrogens is 303 g/mol. The second-order valence-corrected chi connectivity index (χ2v) is 5.93. The minimum atomic E-state index is -0.966. The van der Waals surface area contributed by atoms with Gasteiger partial charge in [-0.25, -0.2) is 9.18 Å². The molecule has 0 atom stereocenters. The predicted octanol–water partition coefficient (Wildman–Crippen LogP) is 3.84. The summed E-state index contributed by atoms with van der Waals surface area (Å²) in [5.41, 5.74) is 5.43. The van der Waals surface area contributed by atoms with Gasteiger partial charge in [-0.2, -0.15) is 5.10 Å².